The molecule has 0 radical (unpaired) electrons. The Hall–Kier alpha value is -2.28. The lowest BCUT2D eigenvalue weighted by Crippen LogP contribution is -2.25. The van der Waals surface area contributed by atoms with Gasteiger partial charge in [-0.3, -0.25) is 4.63 Å². The first-order valence-electron chi connectivity index (χ1n) is 7.38. The minimum Gasteiger partial charge on any atom is -0.359 e. The second-order valence-electron chi connectivity index (χ2n) is 5.11. The minimum absolute atomic E-state index is 0.385. The summed E-state index contributed by atoms with van der Waals surface area (Å²) < 4.78 is 4.68. The van der Waals surface area contributed by atoms with Crippen LogP contribution in [0.5, 0.6) is 0 Å². The number of benzene rings is 1. The maximum absolute atomic E-state index is 11.7. The fraction of sp³-hybridized carbons (Fsp3) is 0.412. The predicted octanol–water partition coefficient (Wildman–Crippen LogP) is 3.61. The predicted molar refractivity (Wildman–Crippen MR) is 81.3 cm³/mol. The van der Waals surface area contributed by atoms with E-state index in [1.54, 1.807) is 0 Å². The van der Waals surface area contributed by atoms with Crippen LogP contribution in [0.2, 0.25) is 0 Å². The summed E-state index contributed by atoms with van der Waals surface area (Å²) in [7, 11) is 0. The zero-order chi connectivity index (χ0) is 15.1. The van der Waals surface area contributed by atoms with E-state index < -0.39 is 0 Å². The third-order valence-electron chi connectivity index (χ3n) is 3.30. The Labute approximate surface area is 125 Å². The molecule has 1 aromatic carbocycles. The van der Waals surface area contributed by atoms with Crippen LogP contribution in [0.15, 0.2) is 28.9 Å². The topological polar surface area (TPSA) is 53.0 Å². The molecule has 21 heavy (non-hydrogen) atoms. The molecule has 0 atom stereocenters. The summed E-state index contributed by atoms with van der Waals surface area (Å²) in [6, 6.07) is 7.65. The lowest BCUT2D eigenvalue weighted by Gasteiger charge is -1.97. The quantitative estimate of drug-likeness (QED) is 0.479. The van der Waals surface area contributed by atoms with E-state index >= 15 is 0 Å². The molecule has 0 unspecified atom stereocenters. The SMILES string of the molecule is CCCCCCC#Cc1no[n+]([O-])c1-c1ccc(C)cc1. The van der Waals surface area contributed by atoms with Crippen LogP contribution in [0.25, 0.3) is 11.3 Å². The Kier molecular flexibility index (Phi) is 5.39. The van der Waals surface area contributed by atoms with Gasteiger partial charge in [-0.2, -0.15) is 0 Å². The molecule has 0 aliphatic rings. The standard InChI is InChI=1S/C17H20N2O2/c1-3-4-5-6-7-8-9-16-17(19(20)21-18-16)15-12-10-14(2)11-13-15/h10-13H,3-7H2,1-2H3. The van der Waals surface area contributed by atoms with E-state index in [0.717, 1.165) is 24.0 Å². The van der Waals surface area contributed by atoms with Gasteiger partial charge in [0.1, 0.15) is 0 Å². The molecule has 4 nitrogen and oxygen atoms in total. The molecule has 0 fully saturated rings. The van der Waals surface area contributed by atoms with Gasteiger partial charge >= 0.3 is 0 Å². The van der Waals surface area contributed by atoms with Crippen molar-refractivity contribution >= 4 is 0 Å². The first kappa shape index (κ1) is 15.1. The molecule has 0 aliphatic carbocycles. The summed E-state index contributed by atoms with van der Waals surface area (Å²) in [6.45, 7) is 4.18. The molecule has 1 heterocycles. The third kappa shape index (κ3) is 4.09. The van der Waals surface area contributed by atoms with Crippen molar-refractivity contribution in [2.45, 2.75) is 46.0 Å². The molecule has 0 saturated carbocycles. The Morgan fingerprint density at radius 3 is 2.67 bits per heavy atom. The highest BCUT2D eigenvalue weighted by Crippen LogP contribution is 2.18. The van der Waals surface area contributed by atoms with Gasteiger partial charge in [0.05, 0.1) is 5.16 Å². The van der Waals surface area contributed by atoms with Crippen molar-refractivity contribution in [1.29, 1.82) is 0 Å². The average molecular weight is 284 g/mol. The summed E-state index contributed by atoms with van der Waals surface area (Å²) >= 11 is 0. The highest BCUT2D eigenvalue weighted by Gasteiger charge is 2.18. The Balaban J connectivity index is 2.11. The van der Waals surface area contributed by atoms with Crippen LogP contribution in [0, 0.1) is 24.0 Å². The summed E-state index contributed by atoms with van der Waals surface area (Å²) in [6.07, 6.45) is 5.54. The average Bonchev–Trinajstić information content (AvgIpc) is 2.85. The van der Waals surface area contributed by atoms with Crippen molar-refractivity contribution in [1.82, 2.24) is 5.16 Å². The summed E-state index contributed by atoms with van der Waals surface area (Å²) in [5.74, 6) is 6.02. The van der Waals surface area contributed by atoms with Gasteiger partial charge in [0, 0.05) is 12.0 Å². The van der Waals surface area contributed by atoms with Crippen molar-refractivity contribution < 1.29 is 9.53 Å². The molecular formula is C17H20N2O2. The van der Waals surface area contributed by atoms with Gasteiger partial charge in [-0.25, -0.2) is 0 Å². The molecule has 0 spiro atoms. The first-order valence-corrected chi connectivity index (χ1v) is 7.38. The van der Waals surface area contributed by atoms with E-state index in [1.807, 2.05) is 31.2 Å². The molecule has 4 heteroatoms. The van der Waals surface area contributed by atoms with Gasteiger partial charge in [0.15, 0.2) is 0 Å². The molecule has 0 N–H and O–H groups in total. The number of rotatable bonds is 5. The number of hydrogen-bond acceptors (Lipinski definition) is 3. The van der Waals surface area contributed by atoms with Crippen LogP contribution >= 0.6 is 0 Å². The van der Waals surface area contributed by atoms with Crippen molar-refractivity contribution in [2.75, 3.05) is 0 Å². The smallest absolute Gasteiger partial charge is 0.299 e. The van der Waals surface area contributed by atoms with Crippen LogP contribution < -0.4 is 4.90 Å². The number of nitrogens with zero attached hydrogens (tertiary/aromatic N) is 2. The largest absolute Gasteiger partial charge is 0.359 e. The molecule has 110 valence electrons. The van der Waals surface area contributed by atoms with E-state index in [9.17, 15) is 5.21 Å². The van der Waals surface area contributed by atoms with Crippen LogP contribution in [0.4, 0.5) is 0 Å². The fourth-order valence-corrected chi connectivity index (χ4v) is 2.07. The lowest BCUT2D eigenvalue weighted by molar-refractivity contribution is -0.793. The Morgan fingerprint density at radius 1 is 1.19 bits per heavy atom. The van der Waals surface area contributed by atoms with E-state index in [2.05, 4.69) is 28.6 Å². The van der Waals surface area contributed by atoms with Gasteiger partial charge < -0.3 is 5.21 Å². The second-order valence-corrected chi connectivity index (χ2v) is 5.11. The molecule has 0 aliphatic heterocycles. The highest BCUT2D eigenvalue weighted by atomic mass is 16.8. The number of hydrogen-bond donors (Lipinski definition) is 0. The second kappa shape index (κ2) is 7.49. The molecule has 0 saturated heterocycles. The van der Waals surface area contributed by atoms with E-state index in [4.69, 9.17) is 0 Å². The van der Waals surface area contributed by atoms with E-state index in [-0.39, 0.29) is 0 Å². The van der Waals surface area contributed by atoms with Crippen LogP contribution in [-0.2, 0) is 0 Å². The summed E-state index contributed by atoms with van der Waals surface area (Å²) in [5, 5.41) is 15.5. The number of aromatic nitrogens is 2. The van der Waals surface area contributed by atoms with Crippen LogP contribution in [0.3, 0.4) is 0 Å². The molecule has 2 rings (SSSR count). The minimum atomic E-state index is 0.385. The normalized spacial score (nSPS) is 10.2. The molecule has 0 bridgehead atoms. The fourth-order valence-electron chi connectivity index (χ4n) is 2.07. The molecule has 0 amide bonds. The van der Waals surface area contributed by atoms with Gasteiger partial charge in [-0.05, 0) is 24.2 Å². The van der Waals surface area contributed by atoms with Crippen molar-refractivity contribution in [3.8, 4) is 23.1 Å². The highest BCUT2D eigenvalue weighted by molar-refractivity contribution is 5.62. The van der Waals surface area contributed by atoms with Gasteiger partial charge in [-0.1, -0.05) is 61.9 Å². The maximum Gasteiger partial charge on any atom is 0.299 e. The Morgan fingerprint density at radius 2 is 1.95 bits per heavy atom. The van der Waals surface area contributed by atoms with Crippen molar-refractivity contribution in [3.05, 3.63) is 40.7 Å². The van der Waals surface area contributed by atoms with E-state index in [1.165, 1.54) is 19.3 Å². The molecule has 1 aromatic heterocycles. The Bertz CT molecular complexity index is 633. The first-order chi connectivity index (χ1) is 10.2. The zero-order valence-corrected chi connectivity index (χ0v) is 12.6. The summed E-state index contributed by atoms with van der Waals surface area (Å²) in [4.78, 5) is 0.422. The molecular weight excluding hydrogens is 264 g/mol. The van der Waals surface area contributed by atoms with E-state index in [0.29, 0.717) is 16.3 Å². The van der Waals surface area contributed by atoms with Crippen molar-refractivity contribution in [2.24, 2.45) is 0 Å². The maximum atomic E-state index is 11.7. The van der Waals surface area contributed by atoms with Crippen LogP contribution in [-0.4, -0.2) is 5.16 Å². The number of unbranched alkanes of at least 4 members (excludes halogenated alkanes) is 4. The number of aryl methyl sites for hydroxylation is 1. The van der Waals surface area contributed by atoms with Gasteiger partial charge in [0.25, 0.3) is 5.69 Å². The monoisotopic (exact) mass is 284 g/mol. The van der Waals surface area contributed by atoms with Crippen LogP contribution in [0.1, 0.15) is 50.3 Å². The summed E-state index contributed by atoms with van der Waals surface area (Å²) in [5.41, 5.74) is 2.70. The zero-order valence-electron chi connectivity index (χ0n) is 12.6. The lowest BCUT2D eigenvalue weighted by atomic mass is 10.1. The van der Waals surface area contributed by atoms with Crippen molar-refractivity contribution in [3.63, 3.8) is 0 Å². The van der Waals surface area contributed by atoms with Gasteiger partial charge in [-0.15, -0.1) is 0 Å². The van der Waals surface area contributed by atoms with Gasteiger partial charge in [0.2, 0.25) is 5.69 Å². The third-order valence-corrected chi connectivity index (χ3v) is 3.30. The molecule has 2 aromatic rings.